The number of aromatic nitrogens is 1. The van der Waals surface area contributed by atoms with Gasteiger partial charge in [0, 0.05) is 24.4 Å². The molecule has 0 aliphatic rings. The normalized spacial score (nSPS) is 10.8. The number of rotatable bonds is 6. The van der Waals surface area contributed by atoms with E-state index in [2.05, 4.69) is 17.2 Å². The zero-order valence-electron chi connectivity index (χ0n) is 10.8. The van der Waals surface area contributed by atoms with Crippen LogP contribution in [-0.4, -0.2) is 23.2 Å². The van der Waals surface area contributed by atoms with Gasteiger partial charge in [0.2, 0.25) is 5.91 Å². The number of nitrogens with two attached hydrogens (primary N) is 1. The van der Waals surface area contributed by atoms with Gasteiger partial charge in [-0.2, -0.15) is 0 Å². The molecule has 0 atom stereocenters. The number of hydrogen-bond donors (Lipinski definition) is 2. The predicted octanol–water partition coefficient (Wildman–Crippen LogP) is 3.09. The lowest BCUT2D eigenvalue weighted by atomic mass is 10.3. The van der Waals surface area contributed by atoms with Gasteiger partial charge in [0.25, 0.3) is 0 Å². The molecule has 2 aromatic rings. The molecule has 0 aliphatic heterocycles. The highest BCUT2D eigenvalue weighted by Crippen LogP contribution is 2.31. The summed E-state index contributed by atoms with van der Waals surface area (Å²) in [4.78, 5) is 16.0. The number of carbonyl (C=O) groups excluding carboxylic acids is 1. The van der Waals surface area contributed by atoms with Crippen LogP contribution in [0.4, 0.5) is 5.69 Å². The minimum atomic E-state index is -0.0491. The number of nitrogens with zero attached hydrogens (tertiary/aromatic N) is 1. The molecule has 0 saturated heterocycles. The summed E-state index contributed by atoms with van der Waals surface area (Å²) < 4.78 is 2.19. The lowest BCUT2D eigenvalue weighted by molar-refractivity contribution is -0.116. The van der Waals surface area contributed by atoms with E-state index >= 15 is 0 Å². The van der Waals surface area contributed by atoms with E-state index in [1.54, 1.807) is 23.1 Å². The quantitative estimate of drug-likeness (QED) is 0.804. The Bertz CT molecular complexity index is 568. The second-order valence-corrected chi connectivity index (χ2v) is 6.47. The largest absolute Gasteiger partial charge is 0.330 e. The highest BCUT2D eigenvalue weighted by atomic mass is 32.2. The van der Waals surface area contributed by atoms with Crippen molar-refractivity contribution in [1.29, 1.82) is 0 Å². The molecule has 4 nitrogen and oxygen atoms in total. The monoisotopic (exact) mass is 295 g/mol. The molecule has 0 radical (unpaired) electrons. The minimum Gasteiger partial charge on any atom is -0.330 e. The molecule has 1 aromatic carbocycles. The Morgan fingerprint density at radius 2 is 2.37 bits per heavy atom. The summed E-state index contributed by atoms with van der Waals surface area (Å²) in [5.74, 6) is 1.03. The number of thiazole rings is 1. The Hall–Kier alpha value is -1.11. The van der Waals surface area contributed by atoms with E-state index in [4.69, 9.17) is 5.73 Å². The van der Waals surface area contributed by atoms with E-state index in [1.165, 1.54) is 0 Å². The summed E-state index contributed by atoms with van der Waals surface area (Å²) >= 11 is 3.45. The smallest absolute Gasteiger partial charge is 0.225 e. The standard InChI is InChI=1S/C13H17N3OS2/c1-2-7-18-13-16-10-4-3-9(8-11(10)19-13)15-12(17)5-6-14/h3-4,8H,2,5-7,14H2,1H3,(H,15,17). The van der Waals surface area contributed by atoms with Gasteiger partial charge in [0.1, 0.15) is 0 Å². The van der Waals surface area contributed by atoms with Crippen molar-refractivity contribution in [1.82, 2.24) is 4.98 Å². The van der Waals surface area contributed by atoms with Gasteiger partial charge in [0.05, 0.1) is 10.2 Å². The van der Waals surface area contributed by atoms with Crippen molar-refractivity contribution < 1.29 is 4.79 Å². The molecule has 0 aliphatic carbocycles. The zero-order chi connectivity index (χ0) is 13.7. The molecule has 1 amide bonds. The molecule has 102 valence electrons. The molecule has 0 spiro atoms. The van der Waals surface area contributed by atoms with Gasteiger partial charge >= 0.3 is 0 Å². The average molecular weight is 295 g/mol. The third kappa shape index (κ3) is 3.92. The number of nitrogens with one attached hydrogen (secondary N) is 1. The molecular formula is C13H17N3OS2. The fourth-order valence-electron chi connectivity index (χ4n) is 1.59. The van der Waals surface area contributed by atoms with Crippen LogP contribution in [0.5, 0.6) is 0 Å². The van der Waals surface area contributed by atoms with Crippen LogP contribution in [-0.2, 0) is 4.79 Å². The zero-order valence-corrected chi connectivity index (χ0v) is 12.4. The maximum absolute atomic E-state index is 11.5. The highest BCUT2D eigenvalue weighted by molar-refractivity contribution is 8.01. The van der Waals surface area contributed by atoms with Crippen LogP contribution in [0.1, 0.15) is 19.8 Å². The topological polar surface area (TPSA) is 68.0 Å². The van der Waals surface area contributed by atoms with Crippen LogP contribution in [0.2, 0.25) is 0 Å². The van der Waals surface area contributed by atoms with E-state index in [1.807, 2.05) is 18.2 Å². The first kappa shape index (κ1) is 14.3. The minimum absolute atomic E-state index is 0.0491. The molecule has 0 bridgehead atoms. The summed E-state index contributed by atoms with van der Waals surface area (Å²) in [6, 6.07) is 5.79. The number of hydrogen-bond acceptors (Lipinski definition) is 5. The van der Waals surface area contributed by atoms with Crippen molar-refractivity contribution in [2.75, 3.05) is 17.6 Å². The van der Waals surface area contributed by atoms with Gasteiger partial charge < -0.3 is 11.1 Å². The van der Waals surface area contributed by atoms with Crippen LogP contribution in [0.25, 0.3) is 10.2 Å². The summed E-state index contributed by atoms with van der Waals surface area (Å²) in [5, 5.41) is 2.84. The maximum atomic E-state index is 11.5. The molecule has 0 saturated carbocycles. The Morgan fingerprint density at radius 3 is 3.11 bits per heavy atom. The van der Waals surface area contributed by atoms with Crippen molar-refractivity contribution in [3.63, 3.8) is 0 Å². The maximum Gasteiger partial charge on any atom is 0.225 e. The lowest BCUT2D eigenvalue weighted by Crippen LogP contribution is -2.15. The first-order valence-electron chi connectivity index (χ1n) is 6.26. The van der Waals surface area contributed by atoms with E-state index < -0.39 is 0 Å². The Kier molecular flexibility index (Phi) is 5.18. The molecule has 19 heavy (non-hydrogen) atoms. The van der Waals surface area contributed by atoms with Gasteiger partial charge in [-0.1, -0.05) is 18.7 Å². The van der Waals surface area contributed by atoms with Crippen LogP contribution in [0, 0.1) is 0 Å². The Balaban J connectivity index is 2.13. The summed E-state index contributed by atoms with van der Waals surface area (Å²) in [6.45, 7) is 2.53. The molecule has 6 heteroatoms. The molecule has 0 fully saturated rings. The molecule has 0 unspecified atom stereocenters. The van der Waals surface area contributed by atoms with Crippen LogP contribution in [0.15, 0.2) is 22.5 Å². The molecule has 1 heterocycles. The van der Waals surface area contributed by atoms with E-state index in [0.717, 1.165) is 32.4 Å². The van der Waals surface area contributed by atoms with Gasteiger partial charge in [-0.15, -0.1) is 11.3 Å². The predicted molar refractivity (Wildman–Crippen MR) is 82.9 cm³/mol. The SMILES string of the molecule is CCCSc1nc2ccc(NC(=O)CCN)cc2s1. The number of carbonyl (C=O) groups is 1. The van der Waals surface area contributed by atoms with Gasteiger partial charge in [-0.25, -0.2) is 4.98 Å². The van der Waals surface area contributed by atoms with Crippen LogP contribution < -0.4 is 11.1 Å². The van der Waals surface area contributed by atoms with Crippen LogP contribution >= 0.6 is 23.1 Å². The van der Waals surface area contributed by atoms with E-state index in [-0.39, 0.29) is 5.91 Å². The third-order valence-corrected chi connectivity index (χ3v) is 4.82. The van der Waals surface area contributed by atoms with Gasteiger partial charge in [-0.3, -0.25) is 4.79 Å². The van der Waals surface area contributed by atoms with Crippen molar-refractivity contribution in [2.45, 2.75) is 24.1 Å². The molecule has 1 aromatic heterocycles. The first-order valence-corrected chi connectivity index (χ1v) is 8.06. The van der Waals surface area contributed by atoms with Crippen molar-refractivity contribution in [2.24, 2.45) is 5.73 Å². The summed E-state index contributed by atoms with van der Waals surface area (Å²) in [6.07, 6.45) is 1.49. The fourth-order valence-corrected chi connectivity index (χ4v) is 3.62. The van der Waals surface area contributed by atoms with Crippen molar-refractivity contribution >= 4 is 44.9 Å². The molecule has 2 rings (SSSR count). The summed E-state index contributed by atoms with van der Waals surface area (Å²) in [5.41, 5.74) is 7.15. The van der Waals surface area contributed by atoms with Crippen molar-refractivity contribution in [3.05, 3.63) is 18.2 Å². The number of fused-ring (bicyclic) bond motifs is 1. The Morgan fingerprint density at radius 1 is 1.53 bits per heavy atom. The van der Waals surface area contributed by atoms with E-state index in [0.29, 0.717) is 13.0 Å². The second kappa shape index (κ2) is 6.88. The number of anilines is 1. The average Bonchev–Trinajstić information content (AvgIpc) is 2.78. The van der Waals surface area contributed by atoms with Gasteiger partial charge in [-0.05, 0) is 24.6 Å². The number of benzene rings is 1. The summed E-state index contributed by atoms with van der Waals surface area (Å²) in [7, 11) is 0. The van der Waals surface area contributed by atoms with Crippen LogP contribution in [0.3, 0.4) is 0 Å². The van der Waals surface area contributed by atoms with Crippen molar-refractivity contribution in [3.8, 4) is 0 Å². The number of amides is 1. The van der Waals surface area contributed by atoms with E-state index in [9.17, 15) is 4.79 Å². The third-order valence-electron chi connectivity index (χ3n) is 2.45. The molecular weight excluding hydrogens is 278 g/mol. The Labute approximate surface area is 120 Å². The fraction of sp³-hybridized carbons (Fsp3) is 0.385. The number of thioether (sulfide) groups is 1. The second-order valence-electron chi connectivity index (χ2n) is 4.10. The highest BCUT2D eigenvalue weighted by Gasteiger charge is 2.06. The van der Waals surface area contributed by atoms with Gasteiger partial charge in [0.15, 0.2) is 4.34 Å². The molecule has 3 N–H and O–H groups in total. The lowest BCUT2D eigenvalue weighted by Gasteiger charge is -2.03. The first-order chi connectivity index (χ1) is 9.22.